The third kappa shape index (κ3) is 1.97. The Morgan fingerprint density at radius 1 is 1.29 bits per heavy atom. The van der Waals surface area contributed by atoms with E-state index in [1.165, 1.54) is 11.1 Å². The molecule has 6 aliphatic rings. The lowest BCUT2D eigenvalue weighted by Gasteiger charge is -2.60. The number of ether oxygens (including phenoxy) is 3. The molecule has 0 radical (unpaired) electrons. The minimum atomic E-state index is -0.0987. The summed E-state index contributed by atoms with van der Waals surface area (Å²) in [6.07, 6.45) is 4.95. The lowest BCUT2D eigenvalue weighted by atomic mass is 9.53. The van der Waals surface area contributed by atoms with Crippen molar-refractivity contribution in [3.8, 4) is 11.5 Å². The number of fused-ring (bicyclic) bond motifs is 2. The molecule has 0 aromatic heterocycles. The molecule has 3 saturated heterocycles. The van der Waals surface area contributed by atoms with Crippen molar-refractivity contribution in [3.05, 3.63) is 29.3 Å². The fraction of sp³-hybridized carbons (Fsp3) is 0.625. The van der Waals surface area contributed by atoms with Crippen molar-refractivity contribution >= 4 is 23.2 Å². The van der Waals surface area contributed by atoms with Gasteiger partial charge < -0.3 is 23.6 Å². The molecular weight excluding hydrogens is 416 g/mol. The van der Waals surface area contributed by atoms with Gasteiger partial charge in [-0.15, -0.1) is 0 Å². The molecule has 0 N–H and O–H groups in total. The molecule has 164 valence electrons. The average molecular weight is 444 g/mol. The molecule has 1 spiro atoms. The van der Waals surface area contributed by atoms with Gasteiger partial charge in [0.2, 0.25) is 5.91 Å². The zero-order chi connectivity index (χ0) is 21.1. The van der Waals surface area contributed by atoms with Crippen molar-refractivity contribution in [2.24, 2.45) is 11.8 Å². The van der Waals surface area contributed by atoms with Gasteiger partial charge in [0.25, 0.3) is 0 Å². The number of rotatable bonds is 3. The summed E-state index contributed by atoms with van der Waals surface area (Å²) in [6.45, 7) is 2.70. The molecule has 31 heavy (non-hydrogen) atoms. The molecule has 1 aromatic carbocycles. The Morgan fingerprint density at radius 3 is 2.87 bits per heavy atom. The van der Waals surface area contributed by atoms with E-state index < -0.39 is 0 Å². The molecule has 4 fully saturated rings. The normalized spacial score (nSPS) is 43.3. The van der Waals surface area contributed by atoms with Crippen LogP contribution < -0.4 is 14.4 Å². The third-order valence-corrected chi connectivity index (χ3v) is 10.0. The summed E-state index contributed by atoms with van der Waals surface area (Å²) in [4.78, 5) is 15.7. The first-order valence-electron chi connectivity index (χ1n) is 11.4. The Morgan fingerprint density at radius 2 is 2.10 bits per heavy atom. The number of halogens is 1. The highest BCUT2D eigenvalue weighted by atomic mass is 35.5. The predicted octanol–water partition coefficient (Wildman–Crippen LogP) is 2.82. The van der Waals surface area contributed by atoms with Crippen molar-refractivity contribution < 1.29 is 23.5 Å². The molecule has 5 heterocycles. The smallest absolute Gasteiger partial charge is 0.229 e. The molecule has 1 aliphatic carbocycles. The number of nitrogens with zero attached hydrogens (tertiary/aromatic N) is 2. The zero-order valence-electron chi connectivity index (χ0n) is 18.0. The molecule has 7 atom stereocenters. The number of amides is 1. The van der Waals surface area contributed by atoms with Crippen molar-refractivity contribution in [1.29, 1.82) is 0 Å². The second-order valence-electron chi connectivity index (χ2n) is 10.2. The minimum Gasteiger partial charge on any atom is -0.493 e. The lowest BCUT2D eigenvalue weighted by molar-refractivity contribution is -0.933. The standard InChI is InChI=1S/C24H28ClN2O4/c1-29-17-8-15-16(9-18(17)30-2)26-21(28)10-19-22-14-7-20-24(15,23(22)26)4-5-27(20,12-25)11-13(14)3-6-31-19/h3,8-9,14,19-20,22-23H,4-7,10-12H2,1-2H3/q+1/t14-,19-,20-,22-,23-,24+,27?/m0/s1. The van der Waals surface area contributed by atoms with E-state index in [0.29, 0.717) is 42.7 Å². The van der Waals surface area contributed by atoms with Crippen LogP contribution in [0.1, 0.15) is 24.8 Å². The minimum absolute atomic E-state index is 0.0000277. The van der Waals surface area contributed by atoms with Gasteiger partial charge in [0.15, 0.2) is 17.5 Å². The molecule has 6 nitrogen and oxygen atoms in total. The van der Waals surface area contributed by atoms with E-state index in [0.717, 1.165) is 41.9 Å². The monoisotopic (exact) mass is 443 g/mol. The fourth-order valence-electron chi connectivity index (χ4n) is 8.50. The Hall–Kier alpha value is -1.76. The highest BCUT2D eigenvalue weighted by molar-refractivity contribution is 6.17. The maximum atomic E-state index is 13.6. The number of methoxy groups -OCH3 is 2. The SMILES string of the molecule is COc1cc2c(cc1OC)[C@@]13CC[N+]4(CCl)CC5=CCO[C@H]6CC(=O)N2[C@H]1[C@H]6[C@H]5C[C@@H]34. The van der Waals surface area contributed by atoms with E-state index in [-0.39, 0.29) is 23.5 Å². The first kappa shape index (κ1) is 18.8. The Labute approximate surface area is 187 Å². The van der Waals surface area contributed by atoms with Crippen molar-refractivity contribution in [2.45, 2.75) is 42.9 Å². The number of hydrogen-bond acceptors (Lipinski definition) is 4. The number of hydrogen-bond donors (Lipinski definition) is 0. The van der Waals surface area contributed by atoms with Crippen LogP contribution in [0.3, 0.4) is 0 Å². The van der Waals surface area contributed by atoms with Crippen molar-refractivity contribution in [2.75, 3.05) is 44.8 Å². The molecule has 1 saturated carbocycles. The second-order valence-corrected chi connectivity index (χ2v) is 10.5. The van der Waals surface area contributed by atoms with E-state index >= 15 is 0 Å². The lowest BCUT2D eigenvalue weighted by Crippen LogP contribution is -2.72. The molecule has 1 amide bonds. The van der Waals surface area contributed by atoms with Crippen LogP contribution >= 0.6 is 11.6 Å². The van der Waals surface area contributed by atoms with Crippen LogP contribution in [0.2, 0.25) is 0 Å². The van der Waals surface area contributed by atoms with Gasteiger partial charge in [-0.1, -0.05) is 17.7 Å². The highest BCUT2D eigenvalue weighted by Crippen LogP contribution is 2.68. The average Bonchev–Trinajstić information content (AvgIpc) is 3.22. The van der Waals surface area contributed by atoms with Crippen molar-refractivity contribution in [3.63, 3.8) is 0 Å². The first-order valence-corrected chi connectivity index (χ1v) is 11.9. The molecule has 1 aromatic rings. The van der Waals surface area contributed by atoms with Gasteiger partial charge >= 0.3 is 0 Å². The van der Waals surface area contributed by atoms with Gasteiger partial charge in [0.05, 0.1) is 57.0 Å². The van der Waals surface area contributed by atoms with E-state index in [1.807, 2.05) is 6.07 Å². The van der Waals surface area contributed by atoms with E-state index in [4.69, 9.17) is 25.8 Å². The number of carbonyl (C=O) groups is 1. The summed E-state index contributed by atoms with van der Waals surface area (Å²) in [7, 11) is 3.35. The summed E-state index contributed by atoms with van der Waals surface area (Å²) >= 11 is 6.74. The largest absolute Gasteiger partial charge is 0.493 e. The summed E-state index contributed by atoms with van der Waals surface area (Å²) in [5.41, 5.74) is 3.69. The molecule has 5 aliphatic heterocycles. The molecule has 7 rings (SSSR count). The van der Waals surface area contributed by atoms with Crippen LogP contribution in [-0.4, -0.2) is 68.5 Å². The van der Waals surface area contributed by atoms with E-state index in [2.05, 4.69) is 17.0 Å². The summed E-state index contributed by atoms with van der Waals surface area (Å²) in [5.74, 6) is 2.42. The van der Waals surface area contributed by atoms with Crippen LogP contribution in [0.15, 0.2) is 23.8 Å². The van der Waals surface area contributed by atoms with E-state index in [9.17, 15) is 4.79 Å². The highest BCUT2D eigenvalue weighted by Gasteiger charge is 2.76. The fourth-order valence-corrected chi connectivity index (χ4v) is 8.87. The van der Waals surface area contributed by atoms with Crippen LogP contribution in [0, 0.1) is 11.8 Å². The van der Waals surface area contributed by atoms with Gasteiger partial charge in [-0.25, -0.2) is 0 Å². The van der Waals surface area contributed by atoms with Crippen LogP contribution in [-0.2, 0) is 14.9 Å². The van der Waals surface area contributed by atoms with Crippen molar-refractivity contribution in [1.82, 2.24) is 0 Å². The topological polar surface area (TPSA) is 48.0 Å². The molecule has 1 unspecified atom stereocenters. The van der Waals surface area contributed by atoms with Gasteiger partial charge in [-0.05, 0) is 23.1 Å². The number of alkyl halides is 1. The van der Waals surface area contributed by atoms with Gasteiger partial charge in [0, 0.05) is 24.8 Å². The molecule has 7 heteroatoms. The summed E-state index contributed by atoms with van der Waals surface area (Å²) in [5, 5.41) is 0. The summed E-state index contributed by atoms with van der Waals surface area (Å²) < 4.78 is 18.6. The molecular formula is C24H28ClN2O4+. The number of quaternary nitrogens is 1. The second kappa shape index (κ2) is 5.97. The Balaban J connectivity index is 1.54. The quantitative estimate of drug-likeness (QED) is 0.312. The maximum absolute atomic E-state index is 13.6. The van der Waals surface area contributed by atoms with Gasteiger partial charge in [-0.2, -0.15) is 0 Å². The summed E-state index contributed by atoms with van der Waals surface area (Å²) in [6, 6.07) is 5.35. The predicted molar refractivity (Wildman–Crippen MR) is 116 cm³/mol. The third-order valence-electron chi connectivity index (χ3n) is 9.54. The van der Waals surface area contributed by atoms with Crippen LogP contribution in [0.25, 0.3) is 0 Å². The number of benzene rings is 1. The van der Waals surface area contributed by atoms with Crippen LogP contribution in [0.5, 0.6) is 11.5 Å². The van der Waals surface area contributed by atoms with E-state index in [1.54, 1.807) is 14.2 Å². The first-order chi connectivity index (χ1) is 15.1. The Kier molecular flexibility index (Phi) is 3.62. The molecule has 2 bridgehead atoms. The zero-order valence-corrected chi connectivity index (χ0v) is 18.7. The van der Waals surface area contributed by atoms with Gasteiger partial charge in [0.1, 0.15) is 12.6 Å². The number of carbonyl (C=O) groups excluding carboxylic acids is 1. The number of piperidine rings is 2. The number of anilines is 1. The van der Waals surface area contributed by atoms with Gasteiger partial charge in [-0.3, -0.25) is 4.79 Å². The maximum Gasteiger partial charge on any atom is 0.229 e. The Bertz CT molecular complexity index is 1040. The van der Waals surface area contributed by atoms with Crippen LogP contribution in [0.4, 0.5) is 5.69 Å².